The second-order valence-electron chi connectivity index (χ2n) is 4.37. The summed E-state index contributed by atoms with van der Waals surface area (Å²) < 4.78 is 0. The number of alkyl halides is 1. The Hall–Kier alpha value is -2.01. The lowest BCUT2D eigenvalue weighted by Crippen LogP contribution is -2.22. The van der Waals surface area contributed by atoms with Crippen molar-refractivity contribution in [3.05, 3.63) is 59.2 Å². The third-order valence-electron chi connectivity index (χ3n) is 2.76. The monoisotopic (exact) mass is 335 g/mol. The molecule has 0 radical (unpaired) electrons. The topological polar surface area (TPSA) is 69.6 Å². The first-order valence-corrected chi connectivity index (χ1v) is 7.15. The first-order valence-electron chi connectivity index (χ1n) is 6.03. The molecule has 20 heavy (non-hydrogen) atoms. The van der Waals surface area contributed by atoms with Gasteiger partial charge in [0.1, 0.15) is 11.5 Å². The molecule has 2 rings (SSSR count). The number of nitrogens with one attached hydrogen (secondary N) is 1. The van der Waals surface area contributed by atoms with Crippen molar-refractivity contribution >= 4 is 21.8 Å². The summed E-state index contributed by atoms with van der Waals surface area (Å²) in [5.74, 6) is -0.631. The molecular weight excluding hydrogens is 322 g/mol. The number of amides is 1. The third kappa shape index (κ3) is 3.74. The van der Waals surface area contributed by atoms with Crippen LogP contribution in [-0.4, -0.2) is 16.1 Å². The van der Waals surface area contributed by atoms with Crippen LogP contribution in [0.1, 0.15) is 21.5 Å². The van der Waals surface area contributed by atoms with Crippen LogP contribution in [0.2, 0.25) is 0 Å². The molecule has 0 spiro atoms. The highest BCUT2D eigenvalue weighted by Gasteiger charge is 2.08. The number of phenolic OH excluding ortho intramolecular Hbond substituents is 2. The molecule has 4 nitrogen and oxygen atoms in total. The van der Waals surface area contributed by atoms with E-state index in [2.05, 4.69) is 21.2 Å². The number of phenols is 2. The van der Waals surface area contributed by atoms with E-state index in [1.165, 1.54) is 18.2 Å². The van der Waals surface area contributed by atoms with E-state index >= 15 is 0 Å². The summed E-state index contributed by atoms with van der Waals surface area (Å²) in [7, 11) is 0. The minimum absolute atomic E-state index is 0.142. The summed E-state index contributed by atoms with van der Waals surface area (Å²) in [6, 6.07) is 11.6. The molecule has 0 aromatic heterocycles. The zero-order chi connectivity index (χ0) is 14.5. The molecule has 0 aliphatic carbocycles. The van der Waals surface area contributed by atoms with E-state index in [0.717, 1.165) is 16.5 Å². The van der Waals surface area contributed by atoms with Gasteiger partial charge in [0.05, 0.1) is 0 Å². The summed E-state index contributed by atoms with van der Waals surface area (Å²) in [5, 5.41) is 22.2. The van der Waals surface area contributed by atoms with Crippen molar-refractivity contribution < 1.29 is 15.0 Å². The molecule has 0 unspecified atom stereocenters. The SMILES string of the molecule is O=C(NCc1cccc(CBr)c1)c1cc(O)cc(O)c1. The lowest BCUT2D eigenvalue weighted by molar-refractivity contribution is 0.0950. The van der Waals surface area contributed by atoms with Crippen molar-refractivity contribution in [2.24, 2.45) is 0 Å². The van der Waals surface area contributed by atoms with Crippen molar-refractivity contribution in [1.82, 2.24) is 5.32 Å². The standard InChI is InChI=1S/C15H14BrNO3/c16-8-10-2-1-3-11(4-10)9-17-15(20)12-5-13(18)7-14(19)6-12/h1-7,18-19H,8-9H2,(H,17,20). The van der Waals surface area contributed by atoms with Crippen LogP contribution in [0.25, 0.3) is 0 Å². The summed E-state index contributed by atoms with van der Waals surface area (Å²) in [6.45, 7) is 0.385. The molecule has 0 bridgehead atoms. The maximum atomic E-state index is 11.9. The molecule has 2 aromatic rings. The number of rotatable bonds is 4. The van der Waals surface area contributed by atoms with E-state index in [0.29, 0.717) is 6.54 Å². The van der Waals surface area contributed by atoms with Crippen molar-refractivity contribution in [2.75, 3.05) is 0 Å². The Morgan fingerprint density at radius 2 is 1.70 bits per heavy atom. The van der Waals surface area contributed by atoms with Gasteiger partial charge in [-0.2, -0.15) is 0 Å². The Morgan fingerprint density at radius 1 is 1.05 bits per heavy atom. The van der Waals surface area contributed by atoms with E-state index in [4.69, 9.17) is 0 Å². The van der Waals surface area contributed by atoms with Gasteiger partial charge >= 0.3 is 0 Å². The summed E-state index contributed by atoms with van der Waals surface area (Å²) in [5.41, 5.74) is 2.34. The van der Waals surface area contributed by atoms with Crippen LogP contribution >= 0.6 is 15.9 Å². The van der Waals surface area contributed by atoms with Crippen molar-refractivity contribution in [3.8, 4) is 11.5 Å². The van der Waals surface area contributed by atoms with Crippen LogP contribution in [0, 0.1) is 0 Å². The highest BCUT2D eigenvalue weighted by molar-refractivity contribution is 9.08. The van der Waals surface area contributed by atoms with Gasteiger partial charge in [-0.05, 0) is 23.3 Å². The van der Waals surface area contributed by atoms with Gasteiger partial charge in [-0.25, -0.2) is 0 Å². The van der Waals surface area contributed by atoms with Gasteiger partial charge < -0.3 is 15.5 Å². The molecule has 0 atom stereocenters. The molecule has 5 heteroatoms. The Balaban J connectivity index is 2.04. The van der Waals surface area contributed by atoms with Crippen molar-refractivity contribution in [1.29, 1.82) is 0 Å². The fourth-order valence-electron chi connectivity index (χ4n) is 1.83. The van der Waals surface area contributed by atoms with Crippen LogP contribution in [0.5, 0.6) is 11.5 Å². The van der Waals surface area contributed by atoms with Crippen LogP contribution in [0.3, 0.4) is 0 Å². The molecule has 0 aliphatic rings. The largest absolute Gasteiger partial charge is 0.508 e. The van der Waals surface area contributed by atoms with Gasteiger partial charge in [0.2, 0.25) is 0 Å². The van der Waals surface area contributed by atoms with Gasteiger partial charge in [0.25, 0.3) is 5.91 Å². The average Bonchev–Trinajstić information content (AvgIpc) is 2.44. The number of halogens is 1. The van der Waals surface area contributed by atoms with Gasteiger partial charge in [0.15, 0.2) is 0 Å². The Morgan fingerprint density at radius 3 is 2.35 bits per heavy atom. The quantitative estimate of drug-likeness (QED) is 0.752. The fraction of sp³-hybridized carbons (Fsp3) is 0.133. The Kier molecular flexibility index (Phi) is 4.63. The average molecular weight is 336 g/mol. The minimum Gasteiger partial charge on any atom is -0.508 e. The first-order chi connectivity index (χ1) is 9.58. The maximum absolute atomic E-state index is 11.9. The van der Waals surface area contributed by atoms with Crippen molar-refractivity contribution in [2.45, 2.75) is 11.9 Å². The Bertz CT molecular complexity index is 608. The van der Waals surface area contributed by atoms with E-state index in [9.17, 15) is 15.0 Å². The Labute approximate surface area is 125 Å². The number of hydrogen-bond acceptors (Lipinski definition) is 3. The predicted molar refractivity (Wildman–Crippen MR) is 80.0 cm³/mol. The highest BCUT2D eigenvalue weighted by Crippen LogP contribution is 2.20. The number of benzene rings is 2. The molecule has 0 heterocycles. The number of hydrogen-bond donors (Lipinski definition) is 3. The van der Waals surface area contributed by atoms with E-state index < -0.39 is 0 Å². The van der Waals surface area contributed by atoms with E-state index in [1.54, 1.807) is 0 Å². The van der Waals surface area contributed by atoms with Crippen molar-refractivity contribution in [3.63, 3.8) is 0 Å². The van der Waals surface area contributed by atoms with Gasteiger partial charge in [-0.15, -0.1) is 0 Å². The molecule has 1 amide bonds. The molecular formula is C15H14BrNO3. The number of aromatic hydroxyl groups is 2. The van der Waals surface area contributed by atoms with Crippen LogP contribution in [0.15, 0.2) is 42.5 Å². The normalized spacial score (nSPS) is 10.2. The van der Waals surface area contributed by atoms with Gasteiger partial charge in [0, 0.05) is 23.5 Å². The lowest BCUT2D eigenvalue weighted by Gasteiger charge is -2.07. The predicted octanol–water partition coefficient (Wildman–Crippen LogP) is 2.92. The van der Waals surface area contributed by atoms with Gasteiger partial charge in [-0.1, -0.05) is 40.2 Å². The molecule has 0 saturated carbocycles. The smallest absolute Gasteiger partial charge is 0.251 e. The zero-order valence-corrected chi connectivity index (χ0v) is 12.2. The summed E-state index contributed by atoms with van der Waals surface area (Å²) in [6.07, 6.45) is 0. The number of carbonyl (C=O) groups is 1. The molecule has 0 fully saturated rings. The first kappa shape index (κ1) is 14.4. The van der Waals surface area contributed by atoms with Crippen LogP contribution < -0.4 is 5.32 Å². The molecule has 0 saturated heterocycles. The second kappa shape index (κ2) is 6.43. The number of carbonyl (C=O) groups excluding carboxylic acids is 1. The third-order valence-corrected chi connectivity index (χ3v) is 3.41. The van der Waals surface area contributed by atoms with E-state index in [-0.39, 0.29) is 23.0 Å². The van der Waals surface area contributed by atoms with E-state index in [1.807, 2.05) is 24.3 Å². The van der Waals surface area contributed by atoms with Crippen LogP contribution in [0.4, 0.5) is 0 Å². The van der Waals surface area contributed by atoms with Crippen LogP contribution in [-0.2, 0) is 11.9 Å². The summed E-state index contributed by atoms with van der Waals surface area (Å²) in [4.78, 5) is 11.9. The minimum atomic E-state index is -0.347. The lowest BCUT2D eigenvalue weighted by atomic mass is 10.1. The molecule has 104 valence electrons. The summed E-state index contributed by atoms with van der Waals surface area (Å²) >= 11 is 3.38. The fourth-order valence-corrected chi connectivity index (χ4v) is 2.18. The molecule has 3 N–H and O–H groups in total. The van der Waals surface area contributed by atoms with Gasteiger partial charge in [-0.3, -0.25) is 4.79 Å². The second-order valence-corrected chi connectivity index (χ2v) is 4.94. The highest BCUT2D eigenvalue weighted by atomic mass is 79.9. The molecule has 2 aromatic carbocycles. The maximum Gasteiger partial charge on any atom is 0.251 e. The molecule has 0 aliphatic heterocycles. The zero-order valence-electron chi connectivity index (χ0n) is 10.6.